The van der Waals surface area contributed by atoms with Crippen molar-refractivity contribution in [2.45, 2.75) is 77.5 Å². The van der Waals surface area contributed by atoms with Crippen LogP contribution in [0.25, 0.3) is 32.9 Å². The summed E-state index contributed by atoms with van der Waals surface area (Å²) in [6.07, 6.45) is 5.89. The Morgan fingerprint density at radius 1 is 1.04 bits per heavy atom. The van der Waals surface area contributed by atoms with E-state index >= 15 is 8.78 Å². The molecule has 0 unspecified atom stereocenters. The Morgan fingerprint density at radius 3 is 2.52 bits per heavy atom. The highest BCUT2D eigenvalue weighted by atomic mass is 19.1. The standard InChI is InChI=1S/C36H40F2N6O2/c1-4-9-29-31-34(32(38)33(40-29)27-17-25(45)16-22-10-13-28(37)26(5-2)30(22)27)41-36(46-21(3)18-43-14-7-6-8-15-43)42-35(31)44-19-23-11-12-24(20-44)39-23/h10,13,16-17,21,23-24,39,45H,5-8,11-12,14-15,18-20H2,1-3H3/t21-,23-,24+/m0/s1. The molecule has 3 saturated heterocycles. The topological polar surface area (TPSA) is 86.6 Å². The number of hydrogen-bond donors (Lipinski definition) is 2. The summed E-state index contributed by atoms with van der Waals surface area (Å²) < 4.78 is 38.5. The number of piperidine rings is 1. The molecule has 0 spiro atoms. The number of rotatable bonds is 7. The second-order valence-corrected chi connectivity index (χ2v) is 12.9. The summed E-state index contributed by atoms with van der Waals surface area (Å²) in [5.41, 5.74) is 1.03. The second-order valence-electron chi connectivity index (χ2n) is 12.9. The third-order valence-electron chi connectivity index (χ3n) is 9.54. The van der Waals surface area contributed by atoms with Crippen molar-refractivity contribution >= 4 is 27.5 Å². The molecule has 3 aliphatic heterocycles. The van der Waals surface area contributed by atoms with Crippen molar-refractivity contribution in [2.24, 2.45) is 0 Å². The van der Waals surface area contributed by atoms with Gasteiger partial charge in [-0.25, -0.2) is 13.8 Å². The summed E-state index contributed by atoms with van der Waals surface area (Å²) in [5.74, 6) is 5.43. The first kappa shape index (κ1) is 30.6. The Hall–Kier alpha value is -4.07. The van der Waals surface area contributed by atoms with Crippen LogP contribution >= 0.6 is 0 Å². The number of aromatic hydroxyl groups is 1. The molecule has 240 valence electrons. The number of anilines is 1. The van der Waals surface area contributed by atoms with Gasteiger partial charge in [-0.05, 0) is 99.5 Å². The first-order valence-corrected chi connectivity index (χ1v) is 16.5. The molecule has 5 heterocycles. The lowest BCUT2D eigenvalue weighted by atomic mass is 9.94. The molecule has 3 atom stereocenters. The number of aromatic nitrogens is 3. The van der Waals surface area contributed by atoms with Gasteiger partial charge in [0.1, 0.15) is 40.4 Å². The van der Waals surface area contributed by atoms with E-state index in [1.807, 2.05) is 13.8 Å². The maximum Gasteiger partial charge on any atom is 0.319 e. The normalized spacial score (nSPS) is 20.6. The van der Waals surface area contributed by atoms with E-state index in [0.29, 0.717) is 64.8 Å². The summed E-state index contributed by atoms with van der Waals surface area (Å²) >= 11 is 0. The van der Waals surface area contributed by atoms with E-state index in [-0.39, 0.29) is 34.6 Å². The zero-order chi connectivity index (χ0) is 31.9. The van der Waals surface area contributed by atoms with Gasteiger partial charge in [-0.1, -0.05) is 25.3 Å². The molecule has 46 heavy (non-hydrogen) atoms. The molecular weight excluding hydrogens is 586 g/mol. The SMILES string of the molecule is CC#Cc1nc(-c2cc(O)cc3ccc(F)c(CC)c23)c(F)c2nc(O[C@@H](C)CN3CCCCC3)nc(N3C[C@H]4CC[C@@H](C3)N4)c12. The molecule has 3 fully saturated rings. The number of halogens is 2. The molecule has 4 aromatic rings. The fraction of sp³-hybridized carbons (Fsp3) is 0.472. The molecule has 3 aliphatic rings. The highest BCUT2D eigenvalue weighted by Gasteiger charge is 2.35. The fourth-order valence-corrected chi connectivity index (χ4v) is 7.53. The Morgan fingerprint density at radius 2 is 1.80 bits per heavy atom. The number of phenols is 1. The maximum absolute atomic E-state index is 17.1. The quantitative estimate of drug-likeness (QED) is 0.243. The van der Waals surface area contributed by atoms with Gasteiger partial charge in [-0.3, -0.25) is 4.90 Å². The van der Waals surface area contributed by atoms with Gasteiger partial charge < -0.3 is 20.1 Å². The molecular formula is C36H40F2N6O2. The molecule has 2 aromatic heterocycles. The van der Waals surface area contributed by atoms with Crippen LogP contribution in [0.5, 0.6) is 11.8 Å². The number of fused-ring (bicyclic) bond motifs is 4. The predicted molar refractivity (Wildman–Crippen MR) is 176 cm³/mol. The van der Waals surface area contributed by atoms with Crippen LogP contribution < -0.4 is 15.0 Å². The van der Waals surface area contributed by atoms with Gasteiger partial charge in [-0.2, -0.15) is 9.97 Å². The number of benzene rings is 2. The van der Waals surface area contributed by atoms with Gasteiger partial charge in [0.2, 0.25) is 0 Å². The van der Waals surface area contributed by atoms with Gasteiger partial charge in [-0.15, -0.1) is 0 Å². The van der Waals surface area contributed by atoms with Crippen LogP contribution in [0.15, 0.2) is 24.3 Å². The number of nitrogens with zero attached hydrogens (tertiary/aromatic N) is 5. The van der Waals surface area contributed by atoms with Crippen molar-refractivity contribution in [1.29, 1.82) is 0 Å². The van der Waals surface area contributed by atoms with Crippen LogP contribution in [0.3, 0.4) is 0 Å². The first-order chi connectivity index (χ1) is 22.3. The van der Waals surface area contributed by atoms with Crippen molar-refractivity contribution < 1.29 is 18.6 Å². The number of aryl methyl sites for hydroxylation is 1. The van der Waals surface area contributed by atoms with Gasteiger partial charge in [0, 0.05) is 37.3 Å². The average molecular weight is 627 g/mol. The first-order valence-electron chi connectivity index (χ1n) is 16.5. The summed E-state index contributed by atoms with van der Waals surface area (Å²) in [6.45, 7) is 9.76. The molecule has 8 nitrogen and oxygen atoms in total. The molecule has 0 saturated carbocycles. The van der Waals surface area contributed by atoms with Gasteiger partial charge in [0.05, 0.1) is 5.39 Å². The summed E-state index contributed by atoms with van der Waals surface area (Å²) in [4.78, 5) is 19.0. The number of hydrogen-bond acceptors (Lipinski definition) is 8. The molecule has 0 amide bonds. The van der Waals surface area contributed by atoms with Crippen LogP contribution in [-0.4, -0.2) is 75.9 Å². The zero-order valence-electron chi connectivity index (χ0n) is 26.7. The average Bonchev–Trinajstić information content (AvgIpc) is 3.39. The summed E-state index contributed by atoms with van der Waals surface area (Å²) in [7, 11) is 0. The number of ether oxygens (including phenoxy) is 1. The third kappa shape index (κ3) is 5.71. The Bertz CT molecular complexity index is 1850. The van der Waals surface area contributed by atoms with Crippen molar-refractivity contribution in [3.8, 4) is 34.9 Å². The predicted octanol–water partition coefficient (Wildman–Crippen LogP) is 5.96. The minimum Gasteiger partial charge on any atom is -0.508 e. The molecule has 0 aliphatic carbocycles. The summed E-state index contributed by atoms with van der Waals surface area (Å²) in [6, 6.07) is 6.68. The van der Waals surface area contributed by atoms with Crippen LogP contribution in [0, 0.1) is 23.5 Å². The van der Waals surface area contributed by atoms with E-state index in [1.165, 1.54) is 31.4 Å². The molecule has 2 bridgehead atoms. The molecule has 10 heteroatoms. The minimum atomic E-state index is -0.690. The van der Waals surface area contributed by atoms with E-state index in [4.69, 9.17) is 19.7 Å². The Kier molecular flexibility index (Phi) is 8.38. The second kappa shape index (κ2) is 12.6. The van der Waals surface area contributed by atoms with Crippen LogP contribution in [0.4, 0.5) is 14.6 Å². The lowest BCUT2D eigenvalue weighted by Crippen LogP contribution is -2.51. The molecule has 0 radical (unpaired) electrons. The highest BCUT2D eigenvalue weighted by Crippen LogP contribution is 2.40. The van der Waals surface area contributed by atoms with E-state index in [9.17, 15) is 5.11 Å². The molecule has 7 rings (SSSR count). The third-order valence-corrected chi connectivity index (χ3v) is 9.54. The van der Waals surface area contributed by atoms with Crippen molar-refractivity contribution in [3.05, 3.63) is 47.2 Å². The van der Waals surface area contributed by atoms with Crippen LogP contribution in [0.1, 0.15) is 64.1 Å². The number of piperazine rings is 1. The van der Waals surface area contributed by atoms with Crippen LogP contribution in [0.2, 0.25) is 0 Å². The monoisotopic (exact) mass is 626 g/mol. The molecule has 2 N–H and O–H groups in total. The molecule has 2 aromatic carbocycles. The Balaban J connectivity index is 1.43. The zero-order valence-corrected chi connectivity index (χ0v) is 26.7. The minimum absolute atomic E-state index is 0.0461. The smallest absolute Gasteiger partial charge is 0.319 e. The van der Waals surface area contributed by atoms with E-state index in [2.05, 4.69) is 27.0 Å². The van der Waals surface area contributed by atoms with Gasteiger partial charge in [0.25, 0.3) is 0 Å². The van der Waals surface area contributed by atoms with Crippen molar-refractivity contribution in [2.75, 3.05) is 37.6 Å². The van der Waals surface area contributed by atoms with E-state index < -0.39 is 11.6 Å². The van der Waals surface area contributed by atoms with Crippen molar-refractivity contribution in [3.63, 3.8) is 0 Å². The largest absolute Gasteiger partial charge is 0.508 e. The number of pyridine rings is 1. The lowest BCUT2D eigenvalue weighted by Gasteiger charge is -2.34. The van der Waals surface area contributed by atoms with Gasteiger partial charge >= 0.3 is 6.01 Å². The van der Waals surface area contributed by atoms with Crippen molar-refractivity contribution in [1.82, 2.24) is 25.2 Å². The highest BCUT2D eigenvalue weighted by molar-refractivity contribution is 6.03. The lowest BCUT2D eigenvalue weighted by molar-refractivity contribution is 0.123. The number of likely N-dealkylation sites (tertiary alicyclic amines) is 1. The number of phenolic OH excluding ortho intramolecular Hbond substituents is 1. The fourth-order valence-electron chi connectivity index (χ4n) is 7.53. The Labute approximate surface area is 268 Å². The number of nitrogens with one attached hydrogen (secondary N) is 1. The van der Waals surface area contributed by atoms with E-state index in [0.717, 1.165) is 32.5 Å². The van der Waals surface area contributed by atoms with E-state index in [1.54, 1.807) is 19.1 Å². The summed E-state index contributed by atoms with van der Waals surface area (Å²) in [5, 5.41) is 15.9. The maximum atomic E-state index is 17.1. The van der Waals surface area contributed by atoms with Crippen LogP contribution in [-0.2, 0) is 6.42 Å². The van der Waals surface area contributed by atoms with Gasteiger partial charge in [0.15, 0.2) is 5.82 Å².